The fraction of sp³-hybridized carbons (Fsp3) is 0.500. The molecule has 4 heteroatoms. The molecule has 88 valence electrons. The Kier molecular flexibility index (Phi) is 4.53. The first-order valence-corrected chi connectivity index (χ1v) is 5.53. The van der Waals surface area contributed by atoms with Crippen molar-refractivity contribution in [2.24, 2.45) is 0 Å². The van der Waals surface area contributed by atoms with Gasteiger partial charge >= 0.3 is 7.12 Å². The molecule has 0 saturated carbocycles. The Bertz CT molecular complexity index is 337. The van der Waals surface area contributed by atoms with Gasteiger partial charge in [-0.15, -0.1) is 0 Å². The van der Waals surface area contributed by atoms with Gasteiger partial charge in [0.25, 0.3) is 0 Å². The Morgan fingerprint density at radius 3 is 2.56 bits per heavy atom. The van der Waals surface area contributed by atoms with Crippen LogP contribution in [0.4, 0.5) is 0 Å². The zero-order chi connectivity index (χ0) is 12.2. The monoisotopic (exact) mass is 222 g/mol. The number of hydrogen-bond acceptors (Lipinski definition) is 3. The third-order valence-corrected chi connectivity index (χ3v) is 2.73. The van der Waals surface area contributed by atoms with E-state index in [9.17, 15) is 0 Å². The van der Waals surface area contributed by atoms with Crippen LogP contribution in [-0.4, -0.2) is 22.8 Å². The highest BCUT2D eigenvalue weighted by Crippen LogP contribution is 2.15. The van der Waals surface area contributed by atoms with Crippen molar-refractivity contribution >= 4 is 12.6 Å². The van der Waals surface area contributed by atoms with Gasteiger partial charge in [-0.2, -0.15) is 0 Å². The predicted octanol–water partition coefficient (Wildman–Crippen LogP) is 1.07. The van der Waals surface area contributed by atoms with Crippen LogP contribution in [0.5, 0.6) is 0 Å². The van der Waals surface area contributed by atoms with Crippen molar-refractivity contribution in [3.8, 4) is 0 Å². The van der Waals surface area contributed by atoms with E-state index >= 15 is 0 Å². The molecule has 0 aromatic heterocycles. The molecule has 0 spiro atoms. The lowest BCUT2D eigenvalue weighted by Gasteiger charge is -2.23. The van der Waals surface area contributed by atoms with Gasteiger partial charge in [-0.25, -0.2) is 0 Å². The summed E-state index contributed by atoms with van der Waals surface area (Å²) in [5.74, 6) is 0. The first-order valence-electron chi connectivity index (χ1n) is 5.53. The third kappa shape index (κ3) is 3.97. The fourth-order valence-electron chi connectivity index (χ4n) is 1.22. The van der Waals surface area contributed by atoms with E-state index < -0.39 is 7.12 Å². The number of hydrogen-bond donors (Lipinski definition) is 2. The van der Waals surface area contributed by atoms with Crippen molar-refractivity contribution in [3.05, 3.63) is 29.8 Å². The third-order valence-electron chi connectivity index (χ3n) is 2.73. The molecule has 0 aliphatic carbocycles. The Hall–Kier alpha value is -0.835. The lowest BCUT2D eigenvalue weighted by Crippen LogP contribution is -2.30. The van der Waals surface area contributed by atoms with E-state index in [0.29, 0.717) is 12.1 Å². The topological polar surface area (TPSA) is 49.7 Å². The zero-order valence-electron chi connectivity index (χ0n) is 10.1. The van der Waals surface area contributed by atoms with E-state index in [4.69, 9.17) is 14.8 Å². The fourth-order valence-corrected chi connectivity index (χ4v) is 1.22. The predicted molar refractivity (Wildman–Crippen MR) is 65.4 cm³/mol. The van der Waals surface area contributed by atoms with Crippen molar-refractivity contribution in [1.29, 1.82) is 0 Å². The first kappa shape index (κ1) is 13.2. The van der Waals surface area contributed by atoms with Crippen LogP contribution in [0, 0.1) is 0 Å². The number of rotatable bonds is 5. The maximum Gasteiger partial charge on any atom is 0.488 e. The molecule has 0 unspecified atom stereocenters. The molecule has 1 aromatic rings. The normalized spacial score (nSPS) is 11.6. The van der Waals surface area contributed by atoms with Gasteiger partial charge in [0.1, 0.15) is 0 Å². The van der Waals surface area contributed by atoms with E-state index in [2.05, 4.69) is 6.92 Å². The van der Waals surface area contributed by atoms with Crippen molar-refractivity contribution < 1.29 is 14.8 Å². The van der Waals surface area contributed by atoms with Crippen molar-refractivity contribution in [3.63, 3.8) is 0 Å². The summed E-state index contributed by atoms with van der Waals surface area (Å²) < 4.78 is 5.74. The Balaban J connectivity index is 2.64. The van der Waals surface area contributed by atoms with Gasteiger partial charge in [-0.05, 0) is 31.3 Å². The van der Waals surface area contributed by atoms with Crippen LogP contribution in [0.25, 0.3) is 0 Å². The average molecular weight is 222 g/mol. The highest BCUT2D eigenvalue weighted by molar-refractivity contribution is 6.58. The molecule has 2 N–H and O–H groups in total. The quantitative estimate of drug-likeness (QED) is 0.732. The summed E-state index contributed by atoms with van der Waals surface area (Å²) in [6, 6.07) is 7.14. The lowest BCUT2D eigenvalue weighted by atomic mass is 9.80. The summed E-state index contributed by atoms with van der Waals surface area (Å²) in [4.78, 5) is 0. The number of ether oxygens (including phenoxy) is 1. The van der Waals surface area contributed by atoms with Crippen molar-refractivity contribution in [2.75, 3.05) is 0 Å². The van der Waals surface area contributed by atoms with Crippen LogP contribution in [-0.2, 0) is 11.3 Å². The van der Waals surface area contributed by atoms with Gasteiger partial charge in [-0.3, -0.25) is 0 Å². The molecule has 0 amide bonds. The zero-order valence-corrected chi connectivity index (χ0v) is 10.1. The average Bonchev–Trinajstić information content (AvgIpc) is 2.27. The molecule has 0 atom stereocenters. The van der Waals surface area contributed by atoms with E-state index in [0.717, 1.165) is 12.0 Å². The SMILES string of the molecule is CCC(C)(C)OCc1cccc(B(O)O)c1. The number of benzene rings is 1. The lowest BCUT2D eigenvalue weighted by molar-refractivity contribution is -0.0316. The van der Waals surface area contributed by atoms with Gasteiger partial charge in [0, 0.05) is 0 Å². The van der Waals surface area contributed by atoms with Gasteiger partial charge in [0.15, 0.2) is 0 Å². The van der Waals surface area contributed by atoms with E-state index in [1.54, 1.807) is 18.2 Å². The van der Waals surface area contributed by atoms with Crippen LogP contribution in [0.2, 0.25) is 0 Å². The standard InChI is InChI=1S/C12H19BO3/c1-4-12(2,3)16-9-10-6-5-7-11(8-10)13(14)15/h5-8,14-15H,4,9H2,1-3H3. The summed E-state index contributed by atoms with van der Waals surface area (Å²) in [6.45, 7) is 6.64. The van der Waals surface area contributed by atoms with Crippen LogP contribution >= 0.6 is 0 Å². The molecule has 0 aliphatic heterocycles. The largest absolute Gasteiger partial charge is 0.488 e. The van der Waals surface area contributed by atoms with Crippen molar-refractivity contribution in [2.45, 2.75) is 39.4 Å². The molecule has 1 aromatic carbocycles. The van der Waals surface area contributed by atoms with E-state index in [1.807, 2.05) is 19.9 Å². The summed E-state index contributed by atoms with van der Waals surface area (Å²) >= 11 is 0. The van der Waals surface area contributed by atoms with Gasteiger partial charge in [0.2, 0.25) is 0 Å². The Morgan fingerprint density at radius 2 is 2.00 bits per heavy atom. The summed E-state index contributed by atoms with van der Waals surface area (Å²) in [7, 11) is -1.42. The maximum atomic E-state index is 9.04. The first-order chi connectivity index (χ1) is 7.44. The molecule has 0 bridgehead atoms. The highest BCUT2D eigenvalue weighted by atomic mass is 16.5. The molecule has 0 heterocycles. The van der Waals surface area contributed by atoms with Crippen molar-refractivity contribution in [1.82, 2.24) is 0 Å². The molecule has 0 radical (unpaired) electrons. The van der Waals surface area contributed by atoms with E-state index in [-0.39, 0.29) is 5.60 Å². The van der Waals surface area contributed by atoms with Crippen LogP contribution in [0.15, 0.2) is 24.3 Å². The summed E-state index contributed by atoms with van der Waals surface area (Å²) in [5.41, 5.74) is 1.30. The smallest absolute Gasteiger partial charge is 0.423 e. The van der Waals surface area contributed by atoms with Crippen LogP contribution in [0.3, 0.4) is 0 Å². The molecule has 16 heavy (non-hydrogen) atoms. The minimum absolute atomic E-state index is 0.145. The van der Waals surface area contributed by atoms with E-state index in [1.165, 1.54) is 0 Å². The summed E-state index contributed by atoms with van der Waals surface area (Å²) in [5, 5.41) is 18.1. The maximum absolute atomic E-state index is 9.04. The van der Waals surface area contributed by atoms with Crippen LogP contribution < -0.4 is 5.46 Å². The Labute approximate surface area is 97.2 Å². The second-order valence-electron chi connectivity index (χ2n) is 4.52. The molecule has 0 saturated heterocycles. The second-order valence-corrected chi connectivity index (χ2v) is 4.52. The molecule has 0 aliphatic rings. The van der Waals surface area contributed by atoms with Gasteiger partial charge in [-0.1, -0.05) is 31.2 Å². The molecule has 0 fully saturated rings. The molecular weight excluding hydrogens is 203 g/mol. The van der Waals surface area contributed by atoms with Gasteiger partial charge in [0.05, 0.1) is 12.2 Å². The molecular formula is C12H19BO3. The highest BCUT2D eigenvalue weighted by Gasteiger charge is 2.16. The second kappa shape index (κ2) is 5.48. The minimum atomic E-state index is -1.42. The Morgan fingerprint density at radius 1 is 1.31 bits per heavy atom. The minimum Gasteiger partial charge on any atom is -0.423 e. The van der Waals surface area contributed by atoms with Gasteiger partial charge < -0.3 is 14.8 Å². The van der Waals surface area contributed by atoms with Crippen LogP contribution in [0.1, 0.15) is 32.8 Å². The molecule has 3 nitrogen and oxygen atoms in total. The summed E-state index contributed by atoms with van der Waals surface area (Å²) in [6.07, 6.45) is 0.940. The molecule has 1 rings (SSSR count).